The molecule has 1 atom stereocenters. The molecule has 3 aromatic rings. The zero-order chi connectivity index (χ0) is 17.1. The maximum Gasteiger partial charge on any atom is 0.257 e. The van der Waals surface area contributed by atoms with Crippen LogP contribution in [-0.4, -0.2) is 21.9 Å². The number of fused-ring (bicyclic) bond motifs is 1. The van der Waals surface area contributed by atoms with Crippen LogP contribution in [0.15, 0.2) is 58.2 Å². The lowest BCUT2D eigenvalue weighted by atomic mass is 10.1. The molecular formula is C18H16N2O3S. The lowest BCUT2D eigenvalue weighted by molar-refractivity contribution is -0.115. The maximum absolute atomic E-state index is 12.3. The van der Waals surface area contributed by atoms with E-state index in [9.17, 15) is 9.59 Å². The predicted octanol–water partition coefficient (Wildman–Crippen LogP) is 4.15. The van der Waals surface area contributed by atoms with Gasteiger partial charge >= 0.3 is 0 Å². The molecule has 2 aromatic carbocycles. The van der Waals surface area contributed by atoms with Gasteiger partial charge in [-0.3, -0.25) is 9.59 Å². The second-order valence-corrected chi connectivity index (χ2v) is 6.63. The number of amides is 1. The largest absolute Gasteiger partial charge is 0.431 e. The van der Waals surface area contributed by atoms with Crippen molar-refractivity contribution in [2.75, 3.05) is 5.32 Å². The minimum absolute atomic E-state index is 0.0417. The molecule has 6 heteroatoms. The van der Waals surface area contributed by atoms with Gasteiger partial charge in [-0.25, -0.2) is 4.98 Å². The summed E-state index contributed by atoms with van der Waals surface area (Å²) in [6.45, 7) is 3.27. The molecular weight excluding hydrogens is 324 g/mol. The van der Waals surface area contributed by atoms with E-state index in [0.717, 1.165) is 5.52 Å². The van der Waals surface area contributed by atoms with E-state index in [2.05, 4.69) is 10.3 Å². The highest BCUT2D eigenvalue weighted by Crippen LogP contribution is 2.27. The smallest absolute Gasteiger partial charge is 0.257 e. The number of ketones is 1. The molecule has 0 fully saturated rings. The molecule has 0 bridgehead atoms. The quantitative estimate of drug-likeness (QED) is 0.558. The standard InChI is InChI=1S/C18H16N2O3S/c1-11(21)13-6-5-7-14(10-13)19-17(22)12(2)24-18-20-15-8-3-4-9-16(15)23-18/h3-10,12H,1-2H3,(H,19,22)/t12-/m0/s1. The highest BCUT2D eigenvalue weighted by molar-refractivity contribution is 8.00. The average Bonchev–Trinajstić information content (AvgIpc) is 2.97. The number of anilines is 1. The Morgan fingerprint density at radius 1 is 1.17 bits per heavy atom. The molecule has 0 saturated carbocycles. The summed E-state index contributed by atoms with van der Waals surface area (Å²) in [5.41, 5.74) is 2.62. The number of oxazole rings is 1. The molecule has 1 N–H and O–H groups in total. The van der Waals surface area contributed by atoms with Crippen molar-refractivity contribution in [2.45, 2.75) is 24.3 Å². The topological polar surface area (TPSA) is 72.2 Å². The number of para-hydroxylation sites is 2. The van der Waals surface area contributed by atoms with E-state index in [1.165, 1.54) is 18.7 Å². The minimum Gasteiger partial charge on any atom is -0.431 e. The summed E-state index contributed by atoms with van der Waals surface area (Å²) in [5, 5.41) is 2.87. The molecule has 0 aliphatic heterocycles. The van der Waals surface area contributed by atoms with Crippen molar-refractivity contribution < 1.29 is 14.0 Å². The first-order chi connectivity index (χ1) is 11.5. The fraction of sp³-hybridized carbons (Fsp3) is 0.167. The van der Waals surface area contributed by atoms with E-state index in [1.54, 1.807) is 31.2 Å². The highest BCUT2D eigenvalue weighted by Gasteiger charge is 2.18. The summed E-state index contributed by atoms with van der Waals surface area (Å²) in [7, 11) is 0. The average molecular weight is 340 g/mol. The molecule has 0 aliphatic carbocycles. The first-order valence-electron chi connectivity index (χ1n) is 7.47. The van der Waals surface area contributed by atoms with Crippen molar-refractivity contribution >= 4 is 40.2 Å². The summed E-state index contributed by atoms with van der Waals surface area (Å²) in [4.78, 5) is 28.1. The second-order valence-electron chi connectivity index (χ2n) is 5.33. The second kappa shape index (κ2) is 6.88. The number of thioether (sulfide) groups is 1. The summed E-state index contributed by atoms with van der Waals surface area (Å²) in [6.07, 6.45) is 0. The van der Waals surface area contributed by atoms with Crippen molar-refractivity contribution in [2.24, 2.45) is 0 Å². The summed E-state index contributed by atoms with van der Waals surface area (Å²) < 4.78 is 5.62. The Labute approximate surface area is 143 Å². The SMILES string of the molecule is CC(=O)c1cccc(NC(=O)[C@H](C)Sc2nc3ccccc3o2)c1. The maximum atomic E-state index is 12.3. The zero-order valence-corrected chi connectivity index (χ0v) is 14.1. The molecule has 1 aromatic heterocycles. The molecule has 0 unspecified atom stereocenters. The van der Waals surface area contributed by atoms with Gasteiger partial charge in [0.1, 0.15) is 5.52 Å². The number of carbonyl (C=O) groups excluding carboxylic acids is 2. The van der Waals surface area contributed by atoms with E-state index < -0.39 is 0 Å². The summed E-state index contributed by atoms with van der Waals surface area (Å²) in [6, 6.07) is 14.3. The number of nitrogens with one attached hydrogen (secondary N) is 1. The molecule has 0 saturated heterocycles. The number of aromatic nitrogens is 1. The van der Waals surface area contributed by atoms with Gasteiger partial charge in [0, 0.05) is 11.3 Å². The molecule has 1 amide bonds. The van der Waals surface area contributed by atoms with Gasteiger partial charge in [-0.1, -0.05) is 36.0 Å². The van der Waals surface area contributed by atoms with Crippen LogP contribution in [-0.2, 0) is 4.79 Å². The van der Waals surface area contributed by atoms with Crippen LogP contribution < -0.4 is 5.32 Å². The van der Waals surface area contributed by atoms with Crippen molar-refractivity contribution in [1.29, 1.82) is 0 Å². The monoisotopic (exact) mass is 340 g/mol. The number of Topliss-reactive ketones (excluding diaryl/α,β-unsaturated/α-hetero) is 1. The van der Waals surface area contributed by atoms with E-state index in [4.69, 9.17) is 4.42 Å². The fourth-order valence-corrected chi connectivity index (χ4v) is 2.92. The summed E-state index contributed by atoms with van der Waals surface area (Å²) in [5.74, 6) is -0.219. The van der Waals surface area contributed by atoms with Crippen LogP contribution >= 0.6 is 11.8 Å². The lowest BCUT2D eigenvalue weighted by Crippen LogP contribution is -2.22. The molecule has 24 heavy (non-hydrogen) atoms. The van der Waals surface area contributed by atoms with E-state index in [0.29, 0.717) is 22.1 Å². The highest BCUT2D eigenvalue weighted by atomic mass is 32.2. The number of carbonyl (C=O) groups is 2. The molecule has 122 valence electrons. The van der Waals surface area contributed by atoms with Gasteiger partial charge in [-0.05, 0) is 38.1 Å². The normalized spacial score (nSPS) is 12.1. The van der Waals surface area contributed by atoms with Gasteiger partial charge in [0.2, 0.25) is 5.91 Å². The first kappa shape index (κ1) is 16.3. The molecule has 3 rings (SSSR count). The third-order valence-electron chi connectivity index (χ3n) is 3.46. The fourth-order valence-electron chi connectivity index (χ4n) is 2.17. The van der Waals surface area contributed by atoms with Crippen LogP contribution in [0.25, 0.3) is 11.1 Å². The van der Waals surface area contributed by atoms with Crippen molar-refractivity contribution in [3.8, 4) is 0 Å². The molecule has 0 aliphatic rings. The molecule has 1 heterocycles. The summed E-state index contributed by atoms with van der Waals surface area (Å²) >= 11 is 1.25. The van der Waals surface area contributed by atoms with Crippen LogP contribution in [0.4, 0.5) is 5.69 Å². The Hall–Kier alpha value is -2.60. The van der Waals surface area contributed by atoms with Gasteiger partial charge in [-0.15, -0.1) is 0 Å². The van der Waals surface area contributed by atoms with Gasteiger partial charge in [0.15, 0.2) is 11.4 Å². The molecule has 0 radical (unpaired) electrons. The van der Waals surface area contributed by atoms with Crippen LogP contribution in [0.3, 0.4) is 0 Å². The third kappa shape index (κ3) is 3.65. The van der Waals surface area contributed by atoms with Crippen LogP contribution in [0.2, 0.25) is 0 Å². The van der Waals surface area contributed by atoms with E-state index in [-0.39, 0.29) is 16.9 Å². The van der Waals surface area contributed by atoms with Crippen molar-refractivity contribution in [1.82, 2.24) is 4.98 Å². The molecule has 0 spiro atoms. The Bertz CT molecular complexity index is 871. The molecule has 5 nitrogen and oxygen atoms in total. The zero-order valence-electron chi connectivity index (χ0n) is 13.3. The lowest BCUT2D eigenvalue weighted by Gasteiger charge is -2.10. The number of hydrogen-bond donors (Lipinski definition) is 1. The van der Waals surface area contributed by atoms with Crippen LogP contribution in [0, 0.1) is 0 Å². The number of nitrogens with zero attached hydrogens (tertiary/aromatic N) is 1. The van der Waals surface area contributed by atoms with Gasteiger partial charge in [0.05, 0.1) is 5.25 Å². The minimum atomic E-state index is -0.390. The third-order valence-corrected chi connectivity index (χ3v) is 4.40. The Morgan fingerprint density at radius 2 is 1.96 bits per heavy atom. The Kier molecular flexibility index (Phi) is 4.66. The first-order valence-corrected chi connectivity index (χ1v) is 8.35. The Balaban J connectivity index is 1.68. The number of rotatable bonds is 5. The van der Waals surface area contributed by atoms with E-state index >= 15 is 0 Å². The van der Waals surface area contributed by atoms with Gasteiger partial charge in [-0.2, -0.15) is 0 Å². The number of benzene rings is 2. The van der Waals surface area contributed by atoms with Crippen LogP contribution in [0.5, 0.6) is 0 Å². The van der Waals surface area contributed by atoms with Crippen molar-refractivity contribution in [3.05, 3.63) is 54.1 Å². The van der Waals surface area contributed by atoms with Gasteiger partial charge in [0.25, 0.3) is 5.22 Å². The number of hydrogen-bond acceptors (Lipinski definition) is 5. The predicted molar refractivity (Wildman–Crippen MR) is 94.4 cm³/mol. The van der Waals surface area contributed by atoms with Crippen molar-refractivity contribution in [3.63, 3.8) is 0 Å². The van der Waals surface area contributed by atoms with Gasteiger partial charge < -0.3 is 9.73 Å². The van der Waals surface area contributed by atoms with E-state index in [1.807, 2.05) is 24.3 Å². The van der Waals surface area contributed by atoms with Crippen LogP contribution in [0.1, 0.15) is 24.2 Å². The Morgan fingerprint density at radius 3 is 2.71 bits per heavy atom.